The summed E-state index contributed by atoms with van der Waals surface area (Å²) in [7, 11) is 0. The molecule has 1 saturated heterocycles. The molecule has 3 heteroatoms. The highest BCUT2D eigenvalue weighted by atomic mass is 32.2. The monoisotopic (exact) mass is 237 g/mol. The minimum absolute atomic E-state index is 0.146. The Balaban J connectivity index is 1.69. The first-order chi connectivity index (χ1) is 7.86. The van der Waals surface area contributed by atoms with E-state index in [9.17, 15) is 0 Å². The summed E-state index contributed by atoms with van der Waals surface area (Å²) in [4.78, 5) is 0. The van der Waals surface area contributed by atoms with Gasteiger partial charge >= 0.3 is 0 Å². The van der Waals surface area contributed by atoms with Crippen LogP contribution in [0.2, 0.25) is 0 Å². The highest BCUT2D eigenvalue weighted by molar-refractivity contribution is 7.99. The van der Waals surface area contributed by atoms with E-state index in [0.717, 1.165) is 18.1 Å². The predicted octanol–water partition coefficient (Wildman–Crippen LogP) is 2.60. The molecule has 88 valence electrons. The van der Waals surface area contributed by atoms with Gasteiger partial charge in [0.25, 0.3) is 0 Å². The van der Waals surface area contributed by atoms with Crippen molar-refractivity contribution in [3.05, 3.63) is 35.9 Å². The minimum atomic E-state index is 0.146. The molecule has 2 atom stereocenters. The van der Waals surface area contributed by atoms with Gasteiger partial charge in [-0.1, -0.05) is 30.3 Å². The van der Waals surface area contributed by atoms with Gasteiger partial charge in [-0.3, -0.25) is 0 Å². The number of nitrogens with two attached hydrogens (primary N) is 1. The van der Waals surface area contributed by atoms with Gasteiger partial charge in [-0.2, -0.15) is 11.8 Å². The van der Waals surface area contributed by atoms with E-state index in [2.05, 4.69) is 12.1 Å². The van der Waals surface area contributed by atoms with Crippen molar-refractivity contribution in [2.75, 3.05) is 18.1 Å². The molecule has 0 bridgehead atoms. The molecule has 2 nitrogen and oxygen atoms in total. The third-order valence-corrected chi connectivity index (χ3v) is 4.06. The van der Waals surface area contributed by atoms with Crippen LogP contribution in [0.1, 0.15) is 24.4 Å². The molecular weight excluding hydrogens is 218 g/mol. The molecule has 16 heavy (non-hydrogen) atoms. The predicted molar refractivity (Wildman–Crippen MR) is 69.7 cm³/mol. The van der Waals surface area contributed by atoms with Gasteiger partial charge in [0.05, 0.1) is 6.10 Å². The topological polar surface area (TPSA) is 35.2 Å². The number of rotatable bonds is 5. The van der Waals surface area contributed by atoms with Crippen LogP contribution in [0.5, 0.6) is 0 Å². The molecule has 1 aromatic rings. The summed E-state index contributed by atoms with van der Waals surface area (Å²) in [6.07, 6.45) is 2.90. The SMILES string of the molecule is NC(CSCC1CCCO1)c1ccccc1. The highest BCUT2D eigenvalue weighted by Gasteiger charge is 2.15. The lowest BCUT2D eigenvalue weighted by Gasteiger charge is -2.13. The Bertz CT molecular complexity index is 298. The smallest absolute Gasteiger partial charge is 0.0666 e. The molecule has 1 aromatic carbocycles. The Hall–Kier alpha value is -0.510. The highest BCUT2D eigenvalue weighted by Crippen LogP contribution is 2.20. The van der Waals surface area contributed by atoms with Crippen LogP contribution in [-0.2, 0) is 4.74 Å². The molecular formula is C13H19NOS. The second-order valence-electron chi connectivity index (χ2n) is 4.19. The van der Waals surface area contributed by atoms with Gasteiger partial charge in [0.2, 0.25) is 0 Å². The van der Waals surface area contributed by atoms with Crippen molar-refractivity contribution >= 4 is 11.8 Å². The molecule has 1 aliphatic rings. The van der Waals surface area contributed by atoms with E-state index in [4.69, 9.17) is 10.5 Å². The second kappa shape index (κ2) is 6.28. The lowest BCUT2D eigenvalue weighted by molar-refractivity contribution is 0.129. The van der Waals surface area contributed by atoms with Crippen molar-refractivity contribution in [3.63, 3.8) is 0 Å². The van der Waals surface area contributed by atoms with Crippen LogP contribution in [0, 0.1) is 0 Å². The van der Waals surface area contributed by atoms with E-state index in [-0.39, 0.29) is 6.04 Å². The van der Waals surface area contributed by atoms with Crippen molar-refractivity contribution in [2.24, 2.45) is 5.73 Å². The first kappa shape index (κ1) is 12.0. The summed E-state index contributed by atoms with van der Waals surface area (Å²) in [5, 5.41) is 0. The standard InChI is InChI=1S/C13H19NOS/c14-13(11-5-2-1-3-6-11)10-16-9-12-7-4-8-15-12/h1-3,5-6,12-13H,4,7-10,14H2. The largest absolute Gasteiger partial charge is 0.377 e. The Morgan fingerprint density at radius 1 is 1.38 bits per heavy atom. The maximum atomic E-state index is 6.12. The summed E-state index contributed by atoms with van der Waals surface area (Å²) >= 11 is 1.90. The zero-order chi connectivity index (χ0) is 11.2. The van der Waals surface area contributed by atoms with E-state index in [1.807, 2.05) is 30.0 Å². The molecule has 2 unspecified atom stereocenters. The van der Waals surface area contributed by atoms with E-state index in [1.54, 1.807) is 0 Å². The van der Waals surface area contributed by atoms with Crippen LogP contribution in [0.15, 0.2) is 30.3 Å². The fourth-order valence-electron chi connectivity index (χ4n) is 1.90. The van der Waals surface area contributed by atoms with Crippen molar-refractivity contribution in [1.82, 2.24) is 0 Å². The maximum Gasteiger partial charge on any atom is 0.0666 e. The Kier molecular flexibility index (Phi) is 4.69. The lowest BCUT2D eigenvalue weighted by atomic mass is 10.1. The van der Waals surface area contributed by atoms with E-state index >= 15 is 0 Å². The van der Waals surface area contributed by atoms with Crippen LogP contribution >= 0.6 is 11.8 Å². The normalized spacial score (nSPS) is 22.2. The quantitative estimate of drug-likeness (QED) is 0.855. The molecule has 0 saturated carbocycles. The fraction of sp³-hybridized carbons (Fsp3) is 0.538. The summed E-state index contributed by atoms with van der Waals surface area (Å²) in [6, 6.07) is 10.4. The number of ether oxygens (including phenoxy) is 1. The fourth-order valence-corrected chi connectivity index (χ4v) is 3.01. The van der Waals surface area contributed by atoms with Gasteiger partial charge in [0.15, 0.2) is 0 Å². The van der Waals surface area contributed by atoms with Gasteiger partial charge in [-0.05, 0) is 18.4 Å². The number of benzene rings is 1. The minimum Gasteiger partial charge on any atom is -0.377 e. The third-order valence-electron chi connectivity index (χ3n) is 2.85. The summed E-state index contributed by atoms with van der Waals surface area (Å²) in [5.41, 5.74) is 7.34. The molecule has 0 spiro atoms. The summed E-state index contributed by atoms with van der Waals surface area (Å²) in [6.45, 7) is 0.940. The molecule has 2 N–H and O–H groups in total. The third kappa shape index (κ3) is 3.51. The molecule has 0 aliphatic carbocycles. The maximum absolute atomic E-state index is 6.12. The lowest BCUT2D eigenvalue weighted by Crippen LogP contribution is -2.15. The number of hydrogen-bond donors (Lipinski definition) is 1. The molecule has 0 radical (unpaired) electrons. The van der Waals surface area contributed by atoms with Crippen LogP contribution in [-0.4, -0.2) is 24.2 Å². The Morgan fingerprint density at radius 2 is 2.19 bits per heavy atom. The molecule has 0 amide bonds. The van der Waals surface area contributed by atoms with Crippen molar-refractivity contribution in [3.8, 4) is 0 Å². The molecule has 1 heterocycles. The zero-order valence-corrected chi connectivity index (χ0v) is 10.3. The van der Waals surface area contributed by atoms with Crippen LogP contribution in [0.3, 0.4) is 0 Å². The Labute approximate surface area is 102 Å². The molecule has 2 rings (SSSR count). The van der Waals surface area contributed by atoms with Gasteiger partial charge in [-0.25, -0.2) is 0 Å². The first-order valence-electron chi connectivity index (χ1n) is 5.86. The van der Waals surface area contributed by atoms with E-state index in [1.165, 1.54) is 18.4 Å². The first-order valence-corrected chi connectivity index (χ1v) is 7.01. The number of hydrogen-bond acceptors (Lipinski definition) is 3. The summed E-state index contributed by atoms with van der Waals surface area (Å²) < 4.78 is 5.58. The Morgan fingerprint density at radius 3 is 2.88 bits per heavy atom. The van der Waals surface area contributed by atoms with Crippen molar-refractivity contribution in [1.29, 1.82) is 0 Å². The number of thioether (sulfide) groups is 1. The van der Waals surface area contributed by atoms with E-state index in [0.29, 0.717) is 6.10 Å². The molecule has 1 aliphatic heterocycles. The van der Waals surface area contributed by atoms with Crippen molar-refractivity contribution < 1.29 is 4.74 Å². The van der Waals surface area contributed by atoms with Crippen LogP contribution in [0.4, 0.5) is 0 Å². The average Bonchev–Trinajstić information content (AvgIpc) is 2.83. The van der Waals surface area contributed by atoms with Crippen molar-refractivity contribution in [2.45, 2.75) is 25.0 Å². The van der Waals surface area contributed by atoms with Crippen LogP contribution in [0.25, 0.3) is 0 Å². The van der Waals surface area contributed by atoms with Gasteiger partial charge in [0, 0.05) is 24.2 Å². The molecule has 0 aromatic heterocycles. The summed E-state index contributed by atoms with van der Waals surface area (Å²) in [5.74, 6) is 2.06. The zero-order valence-electron chi connectivity index (χ0n) is 9.47. The van der Waals surface area contributed by atoms with Gasteiger partial charge in [-0.15, -0.1) is 0 Å². The van der Waals surface area contributed by atoms with Gasteiger partial charge in [0.1, 0.15) is 0 Å². The van der Waals surface area contributed by atoms with Crippen LogP contribution < -0.4 is 5.73 Å². The average molecular weight is 237 g/mol. The second-order valence-corrected chi connectivity index (χ2v) is 5.26. The molecule has 1 fully saturated rings. The van der Waals surface area contributed by atoms with Gasteiger partial charge < -0.3 is 10.5 Å². The van der Waals surface area contributed by atoms with E-state index < -0.39 is 0 Å².